The molecule has 5 heteroatoms. The molecule has 0 fully saturated rings. The van der Waals surface area contributed by atoms with Gasteiger partial charge in [0, 0.05) is 0 Å². The zero-order valence-electron chi connectivity index (χ0n) is 4.97. The molecule has 0 saturated heterocycles. The van der Waals surface area contributed by atoms with E-state index in [1.807, 2.05) is 0 Å². The topological polar surface area (TPSA) is 104 Å². The molecule has 1 rings (SSSR count). The molecule has 0 aliphatic carbocycles. The number of rotatable bonds is 0. The molecule has 0 amide bonds. The number of imidazole rings is 1. The molecule has 0 unspecified atom stereocenters. The van der Waals surface area contributed by atoms with Crippen LogP contribution in [0.2, 0.25) is 0 Å². The number of anilines is 1. The van der Waals surface area contributed by atoms with Gasteiger partial charge >= 0.3 is 5.95 Å². The lowest BCUT2D eigenvalue weighted by Crippen LogP contribution is -2.08. The number of nitrogens with two attached hydrogens (primary N) is 1. The Bertz CT molecular complexity index is 291. The molecule has 48 valence electrons. The summed E-state index contributed by atoms with van der Waals surface area (Å²) in [4.78, 5) is 4.97. The monoisotopic (exact) mass is 134 g/mol. The van der Waals surface area contributed by atoms with Crippen molar-refractivity contribution in [3.63, 3.8) is 0 Å². The number of nitrogens with zero attached hydrogens (tertiary/aromatic N) is 2. The molecular formula is C5H4N5+. The Morgan fingerprint density at radius 1 is 1.40 bits per heavy atom. The Kier molecular flexibility index (Phi) is 1.27. The van der Waals surface area contributed by atoms with E-state index in [4.69, 9.17) is 16.3 Å². The zero-order valence-corrected chi connectivity index (χ0v) is 4.97. The third-order valence-electron chi connectivity index (χ3n) is 0.993. The van der Waals surface area contributed by atoms with Crippen LogP contribution in [0.5, 0.6) is 0 Å². The smallest absolute Gasteiger partial charge is 0.290 e. The SMILES string of the molecule is N#Cc1[nH]c(N)[nH+]c1C#N. The average Bonchev–Trinajstić information content (AvgIpc) is 2.30. The molecule has 0 radical (unpaired) electrons. The average molecular weight is 134 g/mol. The number of nitrogen functional groups attached to an aromatic ring is 1. The van der Waals surface area contributed by atoms with E-state index in [9.17, 15) is 0 Å². The number of hydrogen-bond acceptors (Lipinski definition) is 3. The number of H-pyrrole nitrogens is 2. The summed E-state index contributed by atoms with van der Waals surface area (Å²) in [5, 5.41) is 16.7. The van der Waals surface area contributed by atoms with Crippen LogP contribution in [0.1, 0.15) is 11.4 Å². The van der Waals surface area contributed by atoms with Crippen molar-refractivity contribution in [2.45, 2.75) is 0 Å². The molecule has 1 aromatic heterocycles. The van der Waals surface area contributed by atoms with Crippen molar-refractivity contribution < 1.29 is 4.98 Å². The molecule has 0 saturated carbocycles. The van der Waals surface area contributed by atoms with Crippen molar-refractivity contribution in [3.8, 4) is 12.1 Å². The summed E-state index contributed by atoms with van der Waals surface area (Å²) < 4.78 is 0. The third-order valence-corrected chi connectivity index (χ3v) is 0.993. The summed E-state index contributed by atoms with van der Waals surface area (Å²) >= 11 is 0. The minimum Gasteiger partial charge on any atom is -0.290 e. The summed E-state index contributed by atoms with van der Waals surface area (Å²) in [5.74, 6) is 0.216. The largest absolute Gasteiger partial charge is 0.352 e. The van der Waals surface area contributed by atoms with Gasteiger partial charge in [0.2, 0.25) is 11.4 Å². The Morgan fingerprint density at radius 3 is 2.50 bits per heavy atom. The van der Waals surface area contributed by atoms with Crippen molar-refractivity contribution in [2.75, 3.05) is 5.73 Å². The summed E-state index contributed by atoms with van der Waals surface area (Å²) in [6.45, 7) is 0. The van der Waals surface area contributed by atoms with E-state index in [-0.39, 0.29) is 17.3 Å². The Hall–Kier alpha value is -2.01. The van der Waals surface area contributed by atoms with Crippen LogP contribution in [0.25, 0.3) is 0 Å². The Labute approximate surface area is 56.7 Å². The van der Waals surface area contributed by atoms with Gasteiger partial charge in [-0.3, -0.25) is 5.73 Å². The minimum atomic E-state index is 0.167. The van der Waals surface area contributed by atoms with Gasteiger partial charge in [0.15, 0.2) is 0 Å². The number of nitriles is 2. The van der Waals surface area contributed by atoms with Gasteiger partial charge < -0.3 is 0 Å². The number of nitrogens with one attached hydrogen (secondary N) is 2. The quantitative estimate of drug-likeness (QED) is 0.483. The van der Waals surface area contributed by atoms with Crippen LogP contribution in [0.3, 0.4) is 0 Å². The first-order valence-corrected chi connectivity index (χ1v) is 2.49. The molecule has 0 aromatic carbocycles. The van der Waals surface area contributed by atoms with Crippen molar-refractivity contribution in [1.29, 1.82) is 10.5 Å². The van der Waals surface area contributed by atoms with Crippen LogP contribution in [-0.2, 0) is 0 Å². The van der Waals surface area contributed by atoms with Crippen LogP contribution < -0.4 is 10.7 Å². The van der Waals surface area contributed by atoms with Gasteiger partial charge in [0.1, 0.15) is 12.1 Å². The van der Waals surface area contributed by atoms with E-state index < -0.39 is 0 Å². The van der Waals surface area contributed by atoms with E-state index in [1.54, 1.807) is 12.1 Å². The lowest BCUT2D eigenvalue weighted by atomic mass is 10.4. The predicted octanol–water partition coefficient (Wildman–Crippen LogP) is -0.846. The molecule has 0 aliphatic heterocycles. The fraction of sp³-hybridized carbons (Fsp3) is 0. The standard InChI is InChI=1S/C5H3N5/c6-1-3-4(2-7)10-5(8)9-3/h(H3,8,9,10)/p+1. The second-order valence-corrected chi connectivity index (χ2v) is 1.64. The van der Waals surface area contributed by atoms with Crippen molar-refractivity contribution >= 4 is 5.95 Å². The predicted molar refractivity (Wildman–Crippen MR) is 31.2 cm³/mol. The third kappa shape index (κ3) is 0.762. The van der Waals surface area contributed by atoms with Crippen LogP contribution in [-0.4, -0.2) is 4.98 Å². The van der Waals surface area contributed by atoms with E-state index >= 15 is 0 Å². The molecule has 1 aromatic rings. The fourth-order valence-electron chi connectivity index (χ4n) is 0.593. The lowest BCUT2D eigenvalue weighted by Gasteiger charge is -1.68. The first kappa shape index (κ1) is 6.12. The molecule has 0 atom stereocenters. The van der Waals surface area contributed by atoms with Crippen LogP contribution in [0.4, 0.5) is 5.95 Å². The summed E-state index contributed by atoms with van der Waals surface area (Å²) in [6, 6.07) is 3.56. The van der Waals surface area contributed by atoms with Gasteiger partial charge in [-0.15, -0.1) is 0 Å². The molecule has 1 heterocycles. The highest BCUT2D eigenvalue weighted by Crippen LogP contribution is 1.97. The van der Waals surface area contributed by atoms with Gasteiger partial charge in [-0.1, -0.05) is 0 Å². The highest BCUT2D eigenvalue weighted by Gasteiger charge is 2.10. The minimum absolute atomic E-state index is 0.167. The van der Waals surface area contributed by atoms with Crippen LogP contribution in [0, 0.1) is 22.7 Å². The van der Waals surface area contributed by atoms with Gasteiger partial charge in [-0.05, 0) is 0 Å². The first-order valence-electron chi connectivity index (χ1n) is 2.49. The van der Waals surface area contributed by atoms with Crippen LogP contribution in [0.15, 0.2) is 0 Å². The summed E-state index contributed by atoms with van der Waals surface area (Å²) in [6.07, 6.45) is 0. The molecule has 0 aliphatic rings. The number of hydrogen-bond donors (Lipinski definition) is 2. The second kappa shape index (κ2) is 2.08. The Morgan fingerprint density at radius 2 is 2.10 bits per heavy atom. The number of aromatic amines is 2. The zero-order chi connectivity index (χ0) is 7.56. The maximum atomic E-state index is 8.35. The van der Waals surface area contributed by atoms with Crippen LogP contribution >= 0.6 is 0 Å². The summed E-state index contributed by atoms with van der Waals surface area (Å²) in [7, 11) is 0. The van der Waals surface area contributed by atoms with E-state index in [1.165, 1.54) is 0 Å². The highest BCUT2D eigenvalue weighted by atomic mass is 15.0. The van der Waals surface area contributed by atoms with E-state index in [0.29, 0.717) is 0 Å². The van der Waals surface area contributed by atoms with Gasteiger partial charge in [0.25, 0.3) is 0 Å². The molecular weight excluding hydrogens is 130 g/mol. The van der Waals surface area contributed by atoms with Crippen molar-refractivity contribution in [3.05, 3.63) is 11.4 Å². The van der Waals surface area contributed by atoms with Gasteiger partial charge in [-0.2, -0.15) is 10.5 Å². The van der Waals surface area contributed by atoms with Crippen molar-refractivity contribution in [2.24, 2.45) is 0 Å². The highest BCUT2D eigenvalue weighted by molar-refractivity contribution is 5.34. The van der Waals surface area contributed by atoms with Gasteiger partial charge in [-0.25, -0.2) is 9.97 Å². The summed E-state index contributed by atoms with van der Waals surface area (Å²) in [5.41, 5.74) is 5.55. The lowest BCUT2D eigenvalue weighted by molar-refractivity contribution is -0.362. The first-order chi connectivity index (χ1) is 4.77. The molecule has 0 spiro atoms. The maximum absolute atomic E-state index is 8.35. The fourth-order valence-corrected chi connectivity index (χ4v) is 0.593. The Balaban J connectivity index is 3.28. The number of aromatic nitrogens is 2. The van der Waals surface area contributed by atoms with Crippen molar-refractivity contribution in [1.82, 2.24) is 4.98 Å². The molecule has 10 heavy (non-hydrogen) atoms. The second-order valence-electron chi connectivity index (χ2n) is 1.64. The maximum Gasteiger partial charge on any atom is 0.352 e. The van der Waals surface area contributed by atoms with E-state index in [0.717, 1.165) is 0 Å². The molecule has 4 N–H and O–H groups in total. The normalized spacial score (nSPS) is 8.20. The van der Waals surface area contributed by atoms with Gasteiger partial charge in [0.05, 0.1) is 0 Å². The molecule has 5 nitrogen and oxygen atoms in total. The molecule has 0 bridgehead atoms. The van der Waals surface area contributed by atoms with E-state index in [2.05, 4.69) is 9.97 Å².